The Labute approximate surface area is 193 Å². The van der Waals surface area contributed by atoms with Crippen LogP contribution in [0.3, 0.4) is 0 Å². The first-order chi connectivity index (χ1) is 16.2. The van der Waals surface area contributed by atoms with Crippen LogP contribution in [-0.2, 0) is 9.59 Å². The Bertz CT molecular complexity index is 1080. The molecule has 1 fully saturated rings. The number of methoxy groups -OCH3 is 1. The lowest BCUT2D eigenvalue weighted by molar-refractivity contribution is -0.140. The van der Waals surface area contributed by atoms with Crippen molar-refractivity contribution in [3.05, 3.63) is 53.7 Å². The Balaban J connectivity index is 1.51. The van der Waals surface area contributed by atoms with Crippen LogP contribution in [0.1, 0.15) is 50.5 Å². The summed E-state index contributed by atoms with van der Waals surface area (Å²) in [5.74, 6) is 1.46. The molecule has 2 amide bonds. The Kier molecular flexibility index (Phi) is 5.94. The largest absolute Gasteiger partial charge is 0.497 e. The van der Waals surface area contributed by atoms with E-state index in [9.17, 15) is 9.59 Å². The molecule has 0 spiro atoms. The Morgan fingerprint density at radius 3 is 2.30 bits per heavy atom. The van der Waals surface area contributed by atoms with Crippen LogP contribution in [-0.4, -0.2) is 36.7 Å². The standard InChI is InChI=1S/C26H28N2O5/c1-31-20-12-9-17(10-13-20)23-24(27-18-11-14-21-22(15-18)33-16-32-21)26(30)28(25(23)29)19-7-5-3-2-4-6-8-19/h9-15,19,27H,2-8,16H2,1H3. The molecule has 0 radical (unpaired) electrons. The lowest BCUT2D eigenvalue weighted by atomic mass is 9.95. The second kappa shape index (κ2) is 9.17. The van der Waals surface area contributed by atoms with E-state index in [0.29, 0.717) is 39.8 Å². The van der Waals surface area contributed by atoms with E-state index in [1.54, 1.807) is 31.4 Å². The van der Waals surface area contributed by atoms with E-state index in [1.807, 2.05) is 18.2 Å². The van der Waals surface area contributed by atoms with Gasteiger partial charge in [-0.25, -0.2) is 0 Å². The van der Waals surface area contributed by atoms with Crippen LogP contribution in [0.4, 0.5) is 5.69 Å². The number of carbonyl (C=O) groups excluding carboxylic acids is 2. The molecule has 1 aliphatic carbocycles. The average molecular weight is 449 g/mol. The van der Waals surface area contributed by atoms with E-state index in [0.717, 1.165) is 38.5 Å². The maximum absolute atomic E-state index is 13.7. The minimum absolute atomic E-state index is 0.0744. The summed E-state index contributed by atoms with van der Waals surface area (Å²) in [5, 5.41) is 3.23. The van der Waals surface area contributed by atoms with Gasteiger partial charge in [0.05, 0.1) is 12.7 Å². The topological polar surface area (TPSA) is 77.1 Å². The Morgan fingerprint density at radius 1 is 0.879 bits per heavy atom. The highest BCUT2D eigenvalue weighted by Crippen LogP contribution is 2.38. The van der Waals surface area contributed by atoms with Crippen LogP contribution in [0.25, 0.3) is 5.57 Å². The van der Waals surface area contributed by atoms with Gasteiger partial charge in [0.25, 0.3) is 11.8 Å². The molecular formula is C26H28N2O5. The van der Waals surface area contributed by atoms with Gasteiger partial charge in [0.2, 0.25) is 6.79 Å². The van der Waals surface area contributed by atoms with Gasteiger partial charge in [0.1, 0.15) is 11.4 Å². The lowest BCUT2D eigenvalue weighted by Crippen LogP contribution is -2.42. The molecule has 7 heteroatoms. The van der Waals surface area contributed by atoms with Crippen LogP contribution in [0.2, 0.25) is 0 Å². The van der Waals surface area contributed by atoms with Crippen molar-refractivity contribution in [1.29, 1.82) is 0 Å². The molecule has 2 aliphatic heterocycles. The summed E-state index contributed by atoms with van der Waals surface area (Å²) in [6.45, 7) is 0.172. The summed E-state index contributed by atoms with van der Waals surface area (Å²) < 4.78 is 16.1. The van der Waals surface area contributed by atoms with Crippen LogP contribution in [0.15, 0.2) is 48.2 Å². The van der Waals surface area contributed by atoms with E-state index in [2.05, 4.69) is 5.32 Å². The number of imide groups is 1. The van der Waals surface area contributed by atoms with Crippen molar-refractivity contribution in [3.63, 3.8) is 0 Å². The third-order valence-corrected chi connectivity index (χ3v) is 6.58. The molecule has 0 aromatic heterocycles. The molecule has 3 aliphatic rings. The fraction of sp³-hybridized carbons (Fsp3) is 0.385. The second-order valence-corrected chi connectivity index (χ2v) is 8.65. The van der Waals surface area contributed by atoms with Crippen molar-refractivity contribution in [3.8, 4) is 17.2 Å². The fourth-order valence-electron chi connectivity index (χ4n) is 4.83. The first kappa shape index (κ1) is 21.4. The van der Waals surface area contributed by atoms with Crippen LogP contribution in [0, 0.1) is 0 Å². The van der Waals surface area contributed by atoms with Gasteiger partial charge in [-0.2, -0.15) is 0 Å². The van der Waals surface area contributed by atoms with Gasteiger partial charge in [-0.1, -0.05) is 44.2 Å². The molecule has 2 aromatic rings. The number of anilines is 1. The monoisotopic (exact) mass is 448 g/mol. The predicted octanol–water partition coefficient (Wildman–Crippen LogP) is 4.73. The van der Waals surface area contributed by atoms with Gasteiger partial charge in [-0.05, 0) is 42.7 Å². The maximum Gasteiger partial charge on any atom is 0.278 e. The van der Waals surface area contributed by atoms with Gasteiger partial charge in [-0.15, -0.1) is 0 Å². The number of benzene rings is 2. The molecule has 5 rings (SSSR count). The number of rotatable bonds is 5. The van der Waals surface area contributed by atoms with E-state index in [-0.39, 0.29) is 24.6 Å². The molecule has 172 valence electrons. The molecule has 1 N–H and O–H groups in total. The number of fused-ring (bicyclic) bond motifs is 1. The number of hydrogen-bond donors (Lipinski definition) is 1. The molecule has 0 atom stereocenters. The molecule has 2 aromatic carbocycles. The van der Waals surface area contributed by atoms with Gasteiger partial charge in [-0.3, -0.25) is 14.5 Å². The highest BCUT2D eigenvalue weighted by molar-refractivity contribution is 6.36. The summed E-state index contributed by atoms with van der Waals surface area (Å²) in [4.78, 5) is 28.8. The summed E-state index contributed by atoms with van der Waals surface area (Å²) in [6.07, 6.45) is 7.28. The van der Waals surface area contributed by atoms with Gasteiger partial charge in [0, 0.05) is 17.8 Å². The lowest BCUT2D eigenvalue weighted by Gasteiger charge is -2.28. The first-order valence-corrected chi connectivity index (χ1v) is 11.6. The molecule has 0 unspecified atom stereocenters. The number of amides is 2. The smallest absolute Gasteiger partial charge is 0.278 e. The van der Waals surface area contributed by atoms with Gasteiger partial charge < -0.3 is 19.5 Å². The highest BCUT2D eigenvalue weighted by Gasteiger charge is 2.42. The zero-order valence-corrected chi connectivity index (χ0v) is 18.8. The fourth-order valence-corrected chi connectivity index (χ4v) is 4.83. The summed E-state index contributed by atoms with van der Waals surface area (Å²) in [7, 11) is 1.60. The van der Waals surface area contributed by atoms with Crippen molar-refractivity contribution in [2.24, 2.45) is 0 Å². The Hall–Kier alpha value is -3.48. The predicted molar refractivity (Wildman–Crippen MR) is 124 cm³/mol. The van der Waals surface area contributed by atoms with E-state index in [1.165, 1.54) is 11.3 Å². The van der Waals surface area contributed by atoms with Crippen molar-refractivity contribution in [1.82, 2.24) is 4.90 Å². The van der Waals surface area contributed by atoms with E-state index >= 15 is 0 Å². The molecule has 33 heavy (non-hydrogen) atoms. The van der Waals surface area contributed by atoms with E-state index < -0.39 is 0 Å². The number of carbonyl (C=O) groups is 2. The Morgan fingerprint density at radius 2 is 1.58 bits per heavy atom. The van der Waals surface area contributed by atoms with Crippen molar-refractivity contribution < 1.29 is 23.8 Å². The highest BCUT2D eigenvalue weighted by atomic mass is 16.7. The third-order valence-electron chi connectivity index (χ3n) is 6.58. The number of nitrogens with one attached hydrogen (secondary N) is 1. The van der Waals surface area contributed by atoms with Gasteiger partial charge in [0.15, 0.2) is 11.5 Å². The molecule has 7 nitrogen and oxygen atoms in total. The number of nitrogens with zero attached hydrogens (tertiary/aromatic N) is 1. The van der Waals surface area contributed by atoms with Crippen molar-refractivity contribution in [2.45, 2.75) is 51.0 Å². The summed E-state index contributed by atoms with van der Waals surface area (Å²) in [6, 6.07) is 12.6. The third kappa shape index (κ3) is 4.15. The molecule has 2 heterocycles. The number of hydrogen-bond acceptors (Lipinski definition) is 6. The number of ether oxygens (including phenoxy) is 3. The van der Waals surface area contributed by atoms with Crippen LogP contribution in [0.5, 0.6) is 17.2 Å². The minimum Gasteiger partial charge on any atom is -0.497 e. The van der Waals surface area contributed by atoms with Crippen LogP contribution >= 0.6 is 0 Å². The van der Waals surface area contributed by atoms with Crippen LogP contribution < -0.4 is 19.5 Å². The van der Waals surface area contributed by atoms with Crippen molar-refractivity contribution >= 4 is 23.1 Å². The maximum atomic E-state index is 13.7. The van der Waals surface area contributed by atoms with Gasteiger partial charge >= 0.3 is 0 Å². The zero-order chi connectivity index (χ0) is 22.8. The average Bonchev–Trinajstić information content (AvgIpc) is 3.37. The molecule has 0 saturated heterocycles. The quantitative estimate of drug-likeness (QED) is 0.667. The minimum atomic E-state index is -0.269. The molecule has 0 bridgehead atoms. The normalized spacial score (nSPS) is 19.0. The second-order valence-electron chi connectivity index (χ2n) is 8.65. The SMILES string of the molecule is COc1ccc(C2=C(Nc3ccc4c(c3)OCO4)C(=O)N(C3CCCCCCC3)C2=O)cc1. The summed E-state index contributed by atoms with van der Waals surface area (Å²) >= 11 is 0. The first-order valence-electron chi connectivity index (χ1n) is 11.6. The summed E-state index contributed by atoms with van der Waals surface area (Å²) in [5.41, 5.74) is 2.04. The molecular weight excluding hydrogens is 420 g/mol. The van der Waals surface area contributed by atoms with E-state index in [4.69, 9.17) is 14.2 Å². The zero-order valence-electron chi connectivity index (χ0n) is 18.8. The molecule has 1 saturated carbocycles. The van der Waals surface area contributed by atoms with Crippen molar-refractivity contribution in [2.75, 3.05) is 19.2 Å².